The summed E-state index contributed by atoms with van der Waals surface area (Å²) < 4.78 is 14.9. The molecule has 194 valence electrons. The number of carbonyl (C=O) groups is 2. The van der Waals surface area contributed by atoms with E-state index in [2.05, 4.69) is 16.0 Å². The number of halogens is 3. The minimum absolute atomic E-state index is 0.115. The van der Waals surface area contributed by atoms with E-state index in [1.165, 1.54) is 12.1 Å². The number of benzene rings is 2. The molecule has 0 bridgehead atoms. The number of rotatable bonds is 6. The summed E-state index contributed by atoms with van der Waals surface area (Å²) in [6.07, 6.45) is -0.643. The fraction of sp³-hybridized carbons (Fsp3) is 0.462. The monoisotopic (exact) mass is 537 g/mol. The molecule has 2 aliphatic heterocycles. The molecule has 36 heavy (non-hydrogen) atoms. The summed E-state index contributed by atoms with van der Waals surface area (Å²) in [7, 11) is 0. The summed E-state index contributed by atoms with van der Waals surface area (Å²) in [6, 6.07) is 8.13. The number of aliphatic hydroxyl groups is 2. The maximum atomic E-state index is 14.9. The Kier molecular flexibility index (Phi) is 7.38. The molecule has 1 spiro atoms. The van der Waals surface area contributed by atoms with Crippen LogP contribution in [0.15, 0.2) is 36.4 Å². The van der Waals surface area contributed by atoms with Gasteiger partial charge in [-0.15, -0.1) is 0 Å². The third-order valence-electron chi connectivity index (χ3n) is 6.91. The lowest BCUT2D eigenvalue weighted by Crippen LogP contribution is -2.49. The molecule has 0 unspecified atom stereocenters. The highest BCUT2D eigenvalue weighted by molar-refractivity contribution is 6.31. The number of nitrogens with one attached hydrogen (secondary N) is 3. The lowest BCUT2D eigenvalue weighted by Gasteiger charge is -2.37. The molecule has 2 aromatic rings. The molecule has 2 amide bonds. The maximum Gasteiger partial charge on any atom is 0.237 e. The van der Waals surface area contributed by atoms with Gasteiger partial charge in [-0.2, -0.15) is 0 Å². The van der Waals surface area contributed by atoms with Crippen molar-refractivity contribution in [1.29, 1.82) is 0 Å². The second kappa shape index (κ2) is 9.91. The van der Waals surface area contributed by atoms with Crippen LogP contribution in [0, 0.1) is 11.2 Å². The summed E-state index contributed by atoms with van der Waals surface area (Å²) in [5.41, 5.74) is -0.151. The lowest BCUT2D eigenvalue weighted by atomic mass is 9.62. The van der Waals surface area contributed by atoms with Crippen LogP contribution in [-0.2, 0) is 15.0 Å². The lowest BCUT2D eigenvalue weighted by molar-refractivity contribution is -0.124. The highest BCUT2D eigenvalue weighted by Gasteiger charge is 2.65. The first-order valence-electron chi connectivity index (χ1n) is 11.8. The Labute approximate surface area is 219 Å². The van der Waals surface area contributed by atoms with Crippen LogP contribution >= 0.6 is 23.2 Å². The first-order valence-corrected chi connectivity index (χ1v) is 12.5. The topological polar surface area (TPSA) is 111 Å². The van der Waals surface area contributed by atoms with E-state index in [1.807, 2.05) is 20.8 Å². The minimum Gasteiger partial charge on any atom is -0.394 e. The number of amides is 2. The molecule has 0 aromatic heterocycles. The molecule has 1 saturated heterocycles. The molecule has 0 saturated carbocycles. The Morgan fingerprint density at radius 1 is 1.25 bits per heavy atom. The first kappa shape index (κ1) is 26.8. The average Bonchev–Trinajstić information content (AvgIpc) is 3.26. The fourth-order valence-corrected chi connectivity index (χ4v) is 5.89. The second-order valence-electron chi connectivity index (χ2n) is 10.7. The first-order chi connectivity index (χ1) is 16.9. The molecule has 7 nitrogen and oxygen atoms in total. The third kappa shape index (κ3) is 4.73. The molecular formula is C26H30Cl2FN3O4. The van der Waals surface area contributed by atoms with Crippen molar-refractivity contribution in [3.05, 3.63) is 63.4 Å². The zero-order valence-electron chi connectivity index (χ0n) is 20.2. The summed E-state index contributed by atoms with van der Waals surface area (Å²) in [4.78, 5) is 27.5. The number of hydrogen-bond donors (Lipinski definition) is 5. The molecule has 2 aromatic carbocycles. The second-order valence-corrected chi connectivity index (χ2v) is 11.6. The van der Waals surface area contributed by atoms with Gasteiger partial charge in [0.1, 0.15) is 11.2 Å². The molecule has 2 heterocycles. The van der Waals surface area contributed by atoms with E-state index >= 15 is 0 Å². The van der Waals surface area contributed by atoms with Gasteiger partial charge in [0.25, 0.3) is 0 Å². The zero-order chi connectivity index (χ0) is 26.4. The molecule has 10 heteroatoms. The molecule has 0 radical (unpaired) electrons. The number of hydrogen-bond acceptors (Lipinski definition) is 5. The molecule has 5 N–H and O–H groups in total. The van der Waals surface area contributed by atoms with E-state index in [4.69, 9.17) is 23.2 Å². The van der Waals surface area contributed by atoms with Crippen molar-refractivity contribution in [2.75, 3.05) is 18.5 Å². The molecule has 0 aliphatic carbocycles. The largest absolute Gasteiger partial charge is 0.394 e. The molecule has 2 aliphatic rings. The van der Waals surface area contributed by atoms with Crippen LogP contribution in [0.5, 0.6) is 0 Å². The third-order valence-corrected chi connectivity index (χ3v) is 7.44. The van der Waals surface area contributed by atoms with E-state index in [0.717, 1.165) is 0 Å². The Balaban J connectivity index is 1.94. The number of carbonyl (C=O) groups excluding carboxylic acids is 2. The number of aliphatic hydroxyl groups excluding tert-OH is 2. The predicted octanol–water partition coefficient (Wildman–Crippen LogP) is 3.35. The van der Waals surface area contributed by atoms with Gasteiger partial charge in [0.2, 0.25) is 11.8 Å². The predicted molar refractivity (Wildman–Crippen MR) is 137 cm³/mol. The van der Waals surface area contributed by atoms with Crippen LogP contribution < -0.4 is 16.0 Å². The quantitative estimate of drug-likeness (QED) is 0.388. The molecule has 4 rings (SSSR count). The van der Waals surface area contributed by atoms with Crippen LogP contribution in [0.2, 0.25) is 10.0 Å². The van der Waals surface area contributed by atoms with Gasteiger partial charge in [-0.3, -0.25) is 9.59 Å². The number of fused-ring (bicyclic) bond motifs is 2. The Bertz CT molecular complexity index is 1190. The van der Waals surface area contributed by atoms with Crippen molar-refractivity contribution in [3.8, 4) is 0 Å². The van der Waals surface area contributed by atoms with E-state index in [-0.39, 0.29) is 22.9 Å². The van der Waals surface area contributed by atoms with Crippen LogP contribution in [0.3, 0.4) is 0 Å². The van der Waals surface area contributed by atoms with E-state index in [9.17, 15) is 24.2 Å². The maximum absolute atomic E-state index is 14.9. The zero-order valence-corrected chi connectivity index (χ0v) is 21.8. The van der Waals surface area contributed by atoms with Gasteiger partial charge in [-0.05, 0) is 47.2 Å². The van der Waals surface area contributed by atoms with Crippen LogP contribution in [0.1, 0.15) is 44.2 Å². The van der Waals surface area contributed by atoms with Gasteiger partial charge in [0.05, 0.1) is 23.8 Å². The van der Waals surface area contributed by atoms with Crippen molar-refractivity contribution in [2.45, 2.75) is 56.7 Å². The smallest absolute Gasteiger partial charge is 0.237 e. The summed E-state index contributed by atoms with van der Waals surface area (Å²) in [5, 5.41) is 28.2. The van der Waals surface area contributed by atoms with Gasteiger partial charge in [0, 0.05) is 29.2 Å². The van der Waals surface area contributed by atoms with Crippen molar-refractivity contribution in [3.63, 3.8) is 0 Å². The van der Waals surface area contributed by atoms with Gasteiger partial charge >= 0.3 is 0 Å². The Morgan fingerprint density at radius 3 is 2.61 bits per heavy atom. The van der Waals surface area contributed by atoms with E-state index in [0.29, 0.717) is 28.3 Å². The van der Waals surface area contributed by atoms with E-state index < -0.39 is 47.9 Å². The highest BCUT2D eigenvalue weighted by atomic mass is 35.5. The van der Waals surface area contributed by atoms with E-state index in [1.54, 1.807) is 24.3 Å². The standard InChI is InChI=1S/C26H30Cl2FN3O4/c1-25(2,3)10-20-26(16-8-18(29)17(28)9-19(16)31-24(26)36)21(13-5-4-6-14(27)7-13)22(32-20)23(35)30-11-15(34)12-33/h4-9,15,20-22,32-34H,10-12H2,1-3H3,(H,30,35)(H,31,36)/t15-,20+,21-,22+,26-/m0/s1. The fourth-order valence-electron chi connectivity index (χ4n) is 5.53. The SMILES string of the molecule is CC(C)(C)C[C@H]1N[C@@H](C(=O)NC[C@H](O)CO)[C@H](c2cccc(Cl)c2)[C@@]12C(=O)Nc1cc(Cl)c(F)cc12. The molecule has 1 fully saturated rings. The van der Waals surface area contributed by atoms with Crippen molar-refractivity contribution >= 4 is 40.7 Å². The van der Waals surface area contributed by atoms with Crippen LogP contribution in [-0.4, -0.2) is 53.4 Å². The van der Waals surface area contributed by atoms with Gasteiger partial charge in [-0.25, -0.2) is 4.39 Å². The number of anilines is 1. The normalized spacial score (nSPS) is 26.1. The summed E-state index contributed by atoms with van der Waals surface area (Å²) in [5.74, 6) is -2.25. The van der Waals surface area contributed by atoms with Gasteiger partial charge in [-0.1, -0.05) is 56.1 Å². The Hall–Kier alpha value is -2.23. The molecule has 5 atom stereocenters. The summed E-state index contributed by atoms with van der Waals surface area (Å²) >= 11 is 12.4. The van der Waals surface area contributed by atoms with Crippen LogP contribution in [0.4, 0.5) is 10.1 Å². The van der Waals surface area contributed by atoms with Crippen LogP contribution in [0.25, 0.3) is 0 Å². The van der Waals surface area contributed by atoms with Gasteiger partial charge in [0.15, 0.2) is 0 Å². The average molecular weight is 538 g/mol. The minimum atomic E-state index is -1.35. The highest BCUT2D eigenvalue weighted by Crippen LogP contribution is 2.57. The Morgan fingerprint density at radius 2 is 1.97 bits per heavy atom. The van der Waals surface area contributed by atoms with Crippen molar-refractivity contribution in [1.82, 2.24) is 10.6 Å². The van der Waals surface area contributed by atoms with Crippen molar-refractivity contribution < 1.29 is 24.2 Å². The van der Waals surface area contributed by atoms with Crippen molar-refractivity contribution in [2.24, 2.45) is 5.41 Å². The molecular weight excluding hydrogens is 508 g/mol. The summed E-state index contributed by atoms with van der Waals surface area (Å²) in [6.45, 7) is 5.40. The van der Waals surface area contributed by atoms with Gasteiger partial charge < -0.3 is 26.2 Å².